The number of hydrogen-bond donors (Lipinski definition) is 4. The van der Waals surface area contributed by atoms with Crippen molar-refractivity contribution in [3.8, 4) is 22.7 Å². The van der Waals surface area contributed by atoms with Gasteiger partial charge < -0.3 is 15.8 Å². The van der Waals surface area contributed by atoms with Crippen LogP contribution >= 0.6 is 11.8 Å². The summed E-state index contributed by atoms with van der Waals surface area (Å²) in [6.07, 6.45) is 4.66. The molecule has 1 unspecified atom stereocenters. The van der Waals surface area contributed by atoms with Gasteiger partial charge in [0.1, 0.15) is 17.3 Å². The van der Waals surface area contributed by atoms with Gasteiger partial charge in [-0.15, -0.1) is 0 Å². The summed E-state index contributed by atoms with van der Waals surface area (Å²) in [6, 6.07) is 5.61. The van der Waals surface area contributed by atoms with Crippen LogP contribution in [0, 0.1) is 29.6 Å². The molecule has 0 radical (unpaired) electrons. The molecule has 2 atom stereocenters. The van der Waals surface area contributed by atoms with Crippen molar-refractivity contribution < 1.29 is 18.3 Å². The number of thioether (sulfide) groups is 1. The maximum absolute atomic E-state index is 13.6. The summed E-state index contributed by atoms with van der Waals surface area (Å²) in [5.41, 5.74) is 6.19. The number of nitrogens with one attached hydrogen (secondary N) is 3. The van der Waals surface area contributed by atoms with Crippen LogP contribution in [0.15, 0.2) is 64.9 Å². The molecular formula is C28H28F2N8O3S. The monoisotopic (exact) mass is 594 g/mol. The van der Waals surface area contributed by atoms with Crippen LogP contribution in [0.3, 0.4) is 0 Å². The topological polar surface area (TPSA) is 172 Å². The number of pyridine rings is 3. The zero-order valence-electron chi connectivity index (χ0n) is 22.9. The van der Waals surface area contributed by atoms with E-state index in [9.17, 15) is 18.4 Å². The summed E-state index contributed by atoms with van der Waals surface area (Å²) in [5, 5.41) is 19.0. The van der Waals surface area contributed by atoms with Crippen LogP contribution in [0.4, 0.5) is 8.78 Å². The van der Waals surface area contributed by atoms with Crippen molar-refractivity contribution in [2.45, 2.75) is 19.8 Å². The first-order valence-electron chi connectivity index (χ1n) is 12.6. The van der Waals surface area contributed by atoms with Crippen molar-refractivity contribution in [3.05, 3.63) is 82.3 Å². The fourth-order valence-electron chi connectivity index (χ4n) is 4.35. The number of alkyl halides is 2. The summed E-state index contributed by atoms with van der Waals surface area (Å²) in [7, 11) is 2.97. The minimum absolute atomic E-state index is 0.00927. The third kappa shape index (κ3) is 6.60. The van der Waals surface area contributed by atoms with Crippen LogP contribution in [0.1, 0.15) is 34.5 Å². The predicted molar refractivity (Wildman–Crippen MR) is 158 cm³/mol. The van der Waals surface area contributed by atoms with Gasteiger partial charge in [0, 0.05) is 54.2 Å². The Balaban J connectivity index is 1.67. The number of allylic oxidation sites excluding steroid dienone is 1. The number of methoxy groups -OCH3 is 1. The molecule has 1 amide bonds. The number of hydrogen-bond acceptors (Lipinski definition) is 10. The van der Waals surface area contributed by atoms with E-state index >= 15 is 0 Å². The number of rotatable bonds is 8. The second-order valence-corrected chi connectivity index (χ2v) is 10.4. The smallest absolute Gasteiger partial charge is 0.280 e. The van der Waals surface area contributed by atoms with Gasteiger partial charge >= 0.3 is 0 Å². The molecule has 3 heterocycles. The predicted octanol–water partition coefficient (Wildman–Crippen LogP) is 4.10. The molecule has 3 aromatic heterocycles. The number of aliphatic imine (C=N–C) groups is 1. The molecule has 42 heavy (non-hydrogen) atoms. The second kappa shape index (κ2) is 12.9. The Kier molecular flexibility index (Phi) is 9.25. The van der Waals surface area contributed by atoms with Crippen molar-refractivity contribution in [1.82, 2.24) is 19.9 Å². The van der Waals surface area contributed by atoms with Gasteiger partial charge in [-0.2, -0.15) is 0 Å². The van der Waals surface area contributed by atoms with Crippen LogP contribution in [0.25, 0.3) is 16.9 Å². The van der Waals surface area contributed by atoms with E-state index in [4.69, 9.17) is 21.3 Å². The zero-order valence-corrected chi connectivity index (χ0v) is 23.7. The summed E-state index contributed by atoms with van der Waals surface area (Å²) in [5.74, 6) is -0.671. The van der Waals surface area contributed by atoms with E-state index in [2.05, 4.69) is 20.3 Å². The summed E-state index contributed by atoms with van der Waals surface area (Å²) in [4.78, 5) is 38.2. The van der Waals surface area contributed by atoms with Crippen LogP contribution in [-0.4, -0.2) is 50.5 Å². The molecule has 0 aliphatic heterocycles. The minimum Gasteiger partial charge on any atom is -0.494 e. The standard InChI is InChI=1S/C28H28F2N8O3S/c1-14-5-7-38(24(39)8-14)23-11-15(17-10-21(25(29)30)35-13-22(17)41-3)19(12-36-23)27(40)37-28(33)42-26(32)18-9-16(18)20(34-2)4-6-31/h4-8,10-13,16,18,25,32H,9,31H2,1-3H3,(H2,33,37,40)/b6-4-,32-26?,34-20?/t16-,18?/m0/s1. The average Bonchev–Trinajstić information content (AvgIpc) is 3.76. The van der Waals surface area contributed by atoms with E-state index in [1.54, 1.807) is 26.1 Å². The van der Waals surface area contributed by atoms with Crippen LogP contribution in [0.2, 0.25) is 0 Å². The molecule has 1 aliphatic carbocycles. The first-order valence-corrected chi connectivity index (χ1v) is 13.4. The number of carbonyl (C=O) groups is 1. The molecule has 0 spiro atoms. The van der Waals surface area contributed by atoms with Gasteiger partial charge in [0.05, 0.1) is 23.9 Å². The number of aromatic nitrogens is 3. The average molecular weight is 595 g/mol. The number of ether oxygens (including phenoxy) is 1. The van der Waals surface area contributed by atoms with Crippen molar-refractivity contribution in [2.24, 2.45) is 22.6 Å². The van der Waals surface area contributed by atoms with E-state index in [-0.39, 0.29) is 55.9 Å². The normalized spacial score (nSPS) is 16.5. The third-order valence-corrected chi connectivity index (χ3v) is 7.38. The van der Waals surface area contributed by atoms with Crippen molar-refractivity contribution in [1.29, 1.82) is 10.8 Å². The first kappa shape index (κ1) is 30.2. The van der Waals surface area contributed by atoms with E-state index in [1.165, 1.54) is 42.4 Å². The Bertz CT molecular complexity index is 1670. The highest BCUT2D eigenvalue weighted by Crippen LogP contribution is 2.43. The highest BCUT2D eigenvalue weighted by atomic mass is 32.2. The van der Waals surface area contributed by atoms with Gasteiger partial charge in [0.15, 0.2) is 5.17 Å². The van der Waals surface area contributed by atoms with Gasteiger partial charge in [-0.1, -0.05) is 0 Å². The molecule has 218 valence electrons. The quantitative estimate of drug-likeness (QED) is 0.224. The summed E-state index contributed by atoms with van der Waals surface area (Å²) >= 11 is 0.787. The Hall–Kier alpha value is -4.72. The lowest BCUT2D eigenvalue weighted by molar-refractivity contribution is 0.0978. The van der Waals surface area contributed by atoms with Crippen LogP contribution < -0.4 is 21.3 Å². The largest absolute Gasteiger partial charge is 0.494 e. The van der Waals surface area contributed by atoms with Gasteiger partial charge in [0.25, 0.3) is 17.9 Å². The molecule has 0 bridgehead atoms. The Morgan fingerprint density at radius 1 is 1.24 bits per heavy atom. The molecule has 1 aliphatic rings. The van der Waals surface area contributed by atoms with E-state index in [1.807, 2.05) is 0 Å². The molecule has 0 aromatic carbocycles. The molecule has 3 aromatic rings. The number of amides is 1. The second-order valence-electron chi connectivity index (χ2n) is 9.32. The van der Waals surface area contributed by atoms with Crippen molar-refractivity contribution in [2.75, 3.05) is 14.2 Å². The SMILES string of the molecule is CN=C(/C=C\N)[C@H]1CC1C(=N)SC(=N)NC(=O)c1cnc(-n2ccc(C)cc2=O)cc1-c1cc(C(F)F)ncc1OC. The van der Waals surface area contributed by atoms with E-state index in [0.29, 0.717) is 6.42 Å². The fraction of sp³-hybridized carbons (Fsp3) is 0.250. The Morgan fingerprint density at radius 2 is 2.00 bits per heavy atom. The molecule has 14 heteroatoms. The van der Waals surface area contributed by atoms with Gasteiger partial charge in [-0.3, -0.25) is 35.0 Å². The van der Waals surface area contributed by atoms with Crippen molar-refractivity contribution in [3.63, 3.8) is 0 Å². The molecule has 0 saturated heterocycles. The number of nitrogens with zero attached hydrogens (tertiary/aromatic N) is 4. The van der Waals surface area contributed by atoms with Crippen LogP contribution in [-0.2, 0) is 0 Å². The van der Waals surface area contributed by atoms with Crippen LogP contribution in [0.5, 0.6) is 5.75 Å². The van der Waals surface area contributed by atoms with Gasteiger partial charge in [0.2, 0.25) is 0 Å². The zero-order chi connectivity index (χ0) is 30.6. The number of aryl methyl sites for hydroxylation is 1. The lowest BCUT2D eigenvalue weighted by atomic mass is 10.00. The number of amidine groups is 1. The number of nitrogens with two attached hydrogens (primary N) is 1. The molecule has 11 nitrogen and oxygen atoms in total. The number of carbonyl (C=O) groups excluding carboxylic acids is 1. The maximum atomic E-state index is 13.6. The first-order chi connectivity index (χ1) is 20.1. The highest BCUT2D eigenvalue weighted by Gasteiger charge is 2.43. The molecule has 1 saturated carbocycles. The lowest BCUT2D eigenvalue weighted by Gasteiger charge is -2.16. The summed E-state index contributed by atoms with van der Waals surface area (Å²) in [6.45, 7) is 1.76. The molecule has 5 N–H and O–H groups in total. The van der Waals surface area contributed by atoms with Gasteiger partial charge in [-0.05, 0) is 61.1 Å². The lowest BCUT2D eigenvalue weighted by Crippen LogP contribution is -2.29. The van der Waals surface area contributed by atoms with Crippen molar-refractivity contribution >= 4 is 33.6 Å². The fourth-order valence-corrected chi connectivity index (χ4v) is 5.13. The third-order valence-electron chi connectivity index (χ3n) is 6.55. The molecule has 1 fully saturated rings. The Morgan fingerprint density at radius 3 is 2.64 bits per heavy atom. The van der Waals surface area contributed by atoms with E-state index < -0.39 is 18.0 Å². The van der Waals surface area contributed by atoms with E-state index in [0.717, 1.165) is 35.3 Å². The maximum Gasteiger partial charge on any atom is 0.280 e. The highest BCUT2D eigenvalue weighted by molar-refractivity contribution is 8.26. The molecule has 4 rings (SSSR count). The molecular weight excluding hydrogens is 566 g/mol. The Labute approximate surface area is 244 Å². The summed E-state index contributed by atoms with van der Waals surface area (Å²) < 4.78 is 33.8. The minimum atomic E-state index is -2.89. The number of halogens is 2. The van der Waals surface area contributed by atoms with Gasteiger partial charge in [-0.25, -0.2) is 13.8 Å².